The Kier molecular flexibility index (Phi) is 7.73. The summed E-state index contributed by atoms with van der Waals surface area (Å²) in [4.78, 5) is 24.6. The van der Waals surface area contributed by atoms with Crippen LogP contribution in [0.5, 0.6) is 0 Å². The van der Waals surface area contributed by atoms with Gasteiger partial charge in [0.05, 0.1) is 28.7 Å². The molecule has 1 aliphatic carbocycles. The number of hydrogen-bond donors (Lipinski definition) is 1. The molecular weight excluding hydrogens is 432 g/mol. The normalized spacial score (nSPS) is 23.0. The Bertz CT molecular complexity index is 885. The minimum atomic E-state index is -3.78. The predicted molar refractivity (Wildman–Crippen MR) is 111 cm³/mol. The molecule has 1 saturated heterocycles. The monoisotopic (exact) mass is 458 g/mol. The van der Waals surface area contributed by atoms with Crippen LogP contribution in [0.1, 0.15) is 43.0 Å². The van der Waals surface area contributed by atoms with Crippen molar-refractivity contribution in [1.29, 1.82) is 0 Å². The number of carbonyl (C=O) groups is 2. The summed E-state index contributed by atoms with van der Waals surface area (Å²) in [6.07, 6.45) is 4.19. The minimum absolute atomic E-state index is 0.0544. The number of morpholine rings is 1. The lowest BCUT2D eigenvalue weighted by molar-refractivity contribution is -0.125. The molecule has 30 heavy (non-hydrogen) atoms. The fourth-order valence-corrected chi connectivity index (χ4v) is 5.37. The highest BCUT2D eigenvalue weighted by molar-refractivity contribution is 7.89. The molecular formula is C20H27ClN2O6S. The fraction of sp³-hybridized carbons (Fsp3) is 0.600. The van der Waals surface area contributed by atoms with Gasteiger partial charge in [0.15, 0.2) is 6.61 Å². The van der Waals surface area contributed by atoms with Gasteiger partial charge in [0.2, 0.25) is 10.0 Å². The highest BCUT2D eigenvalue weighted by atomic mass is 35.5. The molecule has 1 N–H and O–H groups in total. The molecule has 1 saturated carbocycles. The molecule has 2 unspecified atom stereocenters. The van der Waals surface area contributed by atoms with Crippen LogP contribution in [0.3, 0.4) is 0 Å². The Balaban J connectivity index is 1.64. The largest absolute Gasteiger partial charge is 0.452 e. The van der Waals surface area contributed by atoms with Gasteiger partial charge in [0, 0.05) is 19.1 Å². The van der Waals surface area contributed by atoms with Crippen LogP contribution in [-0.2, 0) is 24.3 Å². The maximum absolute atomic E-state index is 12.8. The van der Waals surface area contributed by atoms with Crippen molar-refractivity contribution in [2.45, 2.75) is 43.5 Å². The quantitative estimate of drug-likeness (QED) is 0.656. The Morgan fingerprint density at radius 2 is 1.93 bits per heavy atom. The van der Waals surface area contributed by atoms with E-state index in [9.17, 15) is 18.0 Å². The first-order chi connectivity index (χ1) is 14.3. The van der Waals surface area contributed by atoms with Gasteiger partial charge in [0.25, 0.3) is 5.91 Å². The summed E-state index contributed by atoms with van der Waals surface area (Å²) in [6.45, 7) is 2.76. The van der Waals surface area contributed by atoms with Crippen molar-refractivity contribution in [1.82, 2.24) is 9.62 Å². The van der Waals surface area contributed by atoms with E-state index in [-0.39, 0.29) is 40.5 Å². The third-order valence-corrected chi connectivity index (χ3v) is 7.78. The summed E-state index contributed by atoms with van der Waals surface area (Å²) in [5.41, 5.74) is -0.0927. The molecule has 2 aliphatic rings. The number of ether oxygens (including phenoxy) is 2. The first-order valence-corrected chi connectivity index (χ1v) is 11.9. The van der Waals surface area contributed by atoms with Crippen molar-refractivity contribution < 1.29 is 27.5 Å². The van der Waals surface area contributed by atoms with Crippen LogP contribution < -0.4 is 5.32 Å². The van der Waals surface area contributed by atoms with E-state index in [2.05, 4.69) is 12.2 Å². The number of rotatable bonds is 6. The van der Waals surface area contributed by atoms with Gasteiger partial charge in [-0.3, -0.25) is 4.79 Å². The zero-order valence-corrected chi connectivity index (χ0v) is 18.5. The third-order valence-electron chi connectivity index (χ3n) is 5.56. The highest BCUT2D eigenvalue weighted by Crippen LogP contribution is 2.25. The van der Waals surface area contributed by atoms with E-state index in [4.69, 9.17) is 21.1 Å². The van der Waals surface area contributed by atoms with E-state index in [0.29, 0.717) is 19.1 Å². The fourth-order valence-electron chi connectivity index (χ4n) is 3.75. The minimum Gasteiger partial charge on any atom is -0.452 e. The summed E-state index contributed by atoms with van der Waals surface area (Å²) >= 11 is 6.09. The van der Waals surface area contributed by atoms with Crippen LogP contribution >= 0.6 is 11.6 Å². The molecule has 166 valence electrons. The standard InChI is InChI=1S/C20H27ClN2O6S/c1-14-4-2-3-5-18(14)22-19(24)13-29-20(25)16-12-15(6-7-17(16)21)30(26,27)23-8-10-28-11-9-23/h6-7,12,14,18H,2-5,8-11,13H2,1H3,(H,22,24). The van der Waals surface area contributed by atoms with Gasteiger partial charge in [-0.2, -0.15) is 4.31 Å². The molecule has 1 aromatic rings. The van der Waals surface area contributed by atoms with Crippen molar-refractivity contribution in [3.8, 4) is 0 Å². The van der Waals surface area contributed by atoms with E-state index in [1.807, 2.05) is 0 Å². The molecule has 1 heterocycles. The Morgan fingerprint density at radius 1 is 1.23 bits per heavy atom. The first-order valence-electron chi connectivity index (χ1n) is 10.1. The maximum atomic E-state index is 12.8. The lowest BCUT2D eigenvalue weighted by Gasteiger charge is -2.29. The SMILES string of the molecule is CC1CCCCC1NC(=O)COC(=O)c1cc(S(=O)(=O)N2CCOCC2)ccc1Cl. The molecule has 0 spiro atoms. The number of sulfonamides is 1. The van der Waals surface area contributed by atoms with Crippen molar-refractivity contribution >= 4 is 33.5 Å². The molecule has 1 amide bonds. The molecule has 10 heteroatoms. The summed E-state index contributed by atoms with van der Waals surface area (Å²) in [6, 6.07) is 3.96. The van der Waals surface area contributed by atoms with Crippen molar-refractivity contribution in [3.05, 3.63) is 28.8 Å². The van der Waals surface area contributed by atoms with Crippen LogP contribution in [0, 0.1) is 5.92 Å². The van der Waals surface area contributed by atoms with Gasteiger partial charge in [-0.1, -0.05) is 31.4 Å². The molecule has 2 atom stereocenters. The number of amides is 1. The number of nitrogens with one attached hydrogen (secondary N) is 1. The van der Waals surface area contributed by atoms with Crippen LogP contribution in [0.4, 0.5) is 0 Å². The lowest BCUT2D eigenvalue weighted by atomic mass is 9.86. The average Bonchev–Trinajstić information content (AvgIpc) is 2.74. The van der Waals surface area contributed by atoms with Crippen LogP contribution in [0.25, 0.3) is 0 Å². The number of halogens is 1. The van der Waals surface area contributed by atoms with Gasteiger partial charge in [-0.25, -0.2) is 13.2 Å². The summed E-state index contributed by atoms with van der Waals surface area (Å²) in [7, 11) is -3.78. The number of benzene rings is 1. The van der Waals surface area contributed by atoms with Gasteiger partial charge in [-0.05, 0) is 37.0 Å². The summed E-state index contributed by atoms with van der Waals surface area (Å²) in [5.74, 6) is -0.837. The molecule has 1 aromatic carbocycles. The Hall–Kier alpha value is -1.68. The molecule has 0 aromatic heterocycles. The van der Waals surface area contributed by atoms with E-state index in [1.54, 1.807) is 0 Å². The predicted octanol–water partition coefficient (Wildman–Crippen LogP) is 2.21. The first kappa shape index (κ1) is 23.0. The van der Waals surface area contributed by atoms with Crippen molar-refractivity contribution in [2.75, 3.05) is 32.9 Å². The van der Waals surface area contributed by atoms with E-state index >= 15 is 0 Å². The second-order valence-electron chi connectivity index (χ2n) is 7.67. The van der Waals surface area contributed by atoms with Crippen LogP contribution in [-0.4, -0.2) is 63.6 Å². The third kappa shape index (κ3) is 5.51. The smallest absolute Gasteiger partial charge is 0.340 e. The van der Waals surface area contributed by atoms with Crippen LogP contribution in [0.2, 0.25) is 5.02 Å². The van der Waals surface area contributed by atoms with Crippen LogP contribution in [0.15, 0.2) is 23.1 Å². The van der Waals surface area contributed by atoms with Gasteiger partial charge in [-0.15, -0.1) is 0 Å². The average molecular weight is 459 g/mol. The van der Waals surface area contributed by atoms with Gasteiger partial charge in [0.1, 0.15) is 0 Å². The molecule has 0 bridgehead atoms. The number of esters is 1. The molecule has 2 fully saturated rings. The van der Waals surface area contributed by atoms with Crippen molar-refractivity contribution in [2.24, 2.45) is 5.92 Å². The zero-order chi connectivity index (χ0) is 21.7. The Morgan fingerprint density at radius 3 is 2.63 bits per heavy atom. The topological polar surface area (TPSA) is 102 Å². The molecule has 0 radical (unpaired) electrons. The number of nitrogens with zero attached hydrogens (tertiary/aromatic N) is 1. The molecule has 3 rings (SSSR count). The van der Waals surface area contributed by atoms with Gasteiger partial charge >= 0.3 is 5.97 Å². The number of carbonyl (C=O) groups excluding carboxylic acids is 2. The lowest BCUT2D eigenvalue weighted by Crippen LogP contribution is -2.42. The second kappa shape index (κ2) is 10.1. The summed E-state index contributed by atoms with van der Waals surface area (Å²) in [5, 5.41) is 2.96. The summed E-state index contributed by atoms with van der Waals surface area (Å²) < 4.78 is 37.2. The second-order valence-corrected chi connectivity index (χ2v) is 10.0. The van der Waals surface area contributed by atoms with Crippen molar-refractivity contribution in [3.63, 3.8) is 0 Å². The molecule has 8 nitrogen and oxygen atoms in total. The Labute approximate surface area is 181 Å². The molecule has 1 aliphatic heterocycles. The van der Waals surface area contributed by atoms with E-state index in [0.717, 1.165) is 25.7 Å². The number of hydrogen-bond acceptors (Lipinski definition) is 6. The maximum Gasteiger partial charge on any atom is 0.340 e. The zero-order valence-electron chi connectivity index (χ0n) is 16.9. The van der Waals surface area contributed by atoms with E-state index in [1.165, 1.54) is 22.5 Å². The van der Waals surface area contributed by atoms with Gasteiger partial charge < -0.3 is 14.8 Å². The highest BCUT2D eigenvalue weighted by Gasteiger charge is 2.28. The van der Waals surface area contributed by atoms with E-state index < -0.39 is 22.6 Å².